The molecule has 6 aromatic heterocycles. The fourth-order valence-corrected chi connectivity index (χ4v) is 16.0. The van der Waals surface area contributed by atoms with Gasteiger partial charge in [-0.3, -0.25) is 15.0 Å². The molecule has 7 heterocycles. The summed E-state index contributed by atoms with van der Waals surface area (Å²) in [6.07, 6.45) is 12.9. The van der Waals surface area contributed by atoms with Gasteiger partial charge in [0.05, 0.1) is 11.0 Å². The van der Waals surface area contributed by atoms with Crippen molar-refractivity contribution in [2.45, 2.75) is 262 Å². The second-order valence-corrected chi connectivity index (χ2v) is 42.0. The molecule has 0 fully saturated rings. The van der Waals surface area contributed by atoms with Crippen LogP contribution in [0.4, 0.5) is 11.8 Å². The number of aryl methyl sites for hydroxylation is 1. The number of rotatable bonds is 0. The van der Waals surface area contributed by atoms with Crippen LogP contribution in [0, 0.1) is 6.92 Å². The number of nitrogens with zero attached hydrogens (tertiary/aromatic N) is 6. The lowest BCUT2D eigenvalue weighted by atomic mass is 9.84. The summed E-state index contributed by atoms with van der Waals surface area (Å²) >= 11 is 5.65. The predicted molar refractivity (Wildman–Crippen MR) is 509 cm³/mol. The number of fused-ring (bicyclic) bond motifs is 6. The number of pyridine rings is 4. The molecule has 610 valence electrons. The van der Waals surface area contributed by atoms with Crippen LogP contribution in [0.25, 0.3) is 42.7 Å². The summed E-state index contributed by atoms with van der Waals surface area (Å²) < 4.78 is 1.40. The second-order valence-electron chi connectivity index (χ2n) is 38.9. The predicted octanol–water partition coefficient (Wildman–Crippen LogP) is 30.0. The lowest BCUT2D eigenvalue weighted by Crippen LogP contribution is -2.13. The van der Waals surface area contributed by atoms with Crippen molar-refractivity contribution in [1.82, 2.24) is 29.9 Å². The Kier molecular flexibility index (Phi) is 32.4. The van der Waals surface area contributed by atoms with E-state index in [1.54, 1.807) is 18.6 Å². The first kappa shape index (κ1) is 93.6. The SMILES string of the molecule is CC(C)(C)c1ccc(N)nc1.CC(C)(C)c1cccc2c1Sc1ccccc1S2.CC(C)(C)c1cccc2ccccc12.CC(C)(C)c1cccc2cccnc12.CC(C)(C)c1cccnc1.CC(C)(C)c1cnc(N)nc1.CC(C)(C)c1cnc2ccccc2c1.CC(C)(C)c1csc2ccccc12.Cc1ccc(C(C)(C)C)cc1. The maximum atomic E-state index is 5.46. The van der Waals surface area contributed by atoms with Gasteiger partial charge in [0.2, 0.25) is 5.95 Å². The van der Waals surface area contributed by atoms with Crippen molar-refractivity contribution in [2.75, 3.05) is 11.5 Å². The Hall–Kier alpha value is -9.52. The van der Waals surface area contributed by atoms with Gasteiger partial charge >= 0.3 is 0 Å². The second kappa shape index (κ2) is 40.1. The lowest BCUT2D eigenvalue weighted by molar-refractivity contribution is 0.574. The van der Waals surface area contributed by atoms with Crippen LogP contribution in [0.2, 0.25) is 0 Å². The van der Waals surface area contributed by atoms with E-state index in [1.165, 1.54) is 101 Å². The zero-order valence-corrected chi connectivity index (χ0v) is 77.4. The number of aromatic nitrogens is 6. The minimum atomic E-state index is 0.105. The van der Waals surface area contributed by atoms with Gasteiger partial charge < -0.3 is 11.5 Å². The summed E-state index contributed by atoms with van der Waals surface area (Å²) in [5, 5.41) is 8.85. The van der Waals surface area contributed by atoms with Gasteiger partial charge in [0.25, 0.3) is 0 Å². The molecule has 8 aromatic carbocycles. The van der Waals surface area contributed by atoms with E-state index in [-0.39, 0.29) is 48.7 Å². The molecule has 0 amide bonds. The molecular formula is C105H132N8S3. The van der Waals surface area contributed by atoms with Gasteiger partial charge in [-0.2, -0.15) is 0 Å². The molecule has 0 radical (unpaired) electrons. The zero-order chi connectivity index (χ0) is 85.8. The highest BCUT2D eigenvalue weighted by molar-refractivity contribution is 8.05. The van der Waals surface area contributed by atoms with Gasteiger partial charge in [-0.15, -0.1) is 11.3 Å². The van der Waals surface area contributed by atoms with Crippen LogP contribution in [0.3, 0.4) is 0 Å². The Morgan fingerprint density at radius 3 is 1.27 bits per heavy atom. The van der Waals surface area contributed by atoms with E-state index in [0.29, 0.717) is 11.8 Å². The molecule has 0 spiro atoms. The van der Waals surface area contributed by atoms with Crippen LogP contribution in [-0.2, 0) is 48.7 Å². The summed E-state index contributed by atoms with van der Waals surface area (Å²) in [7, 11) is 0. The van der Waals surface area contributed by atoms with Crippen molar-refractivity contribution in [3.63, 3.8) is 0 Å². The summed E-state index contributed by atoms with van der Waals surface area (Å²) in [6.45, 7) is 61.9. The maximum absolute atomic E-state index is 5.46. The van der Waals surface area contributed by atoms with Gasteiger partial charge in [0.15, 0.2) is 0 Å². The first-order chi connectivity index (χ1) is 54.0. The quantitative estimate of drug-likeness (QED) is 0.151. The Labute approximate surface area is 710 Å². The third kappa shape index (κ3) is 28.7. The van der Waals surface area contributed by atoms with E-state index in [1.807, 2.05) is 96.0 Å². The van der Waals surface area contributed by atoms with Crippen molar-refractivity contribution >= 4 is 89.3 Å². The molecule has 0 saturated carbocycles. The highest BCUT2D eigenvalue weighted by atomic mass is 32.2. The Balaban J connectivity index is 0.000000181. The van der Waals surface area contributed by atoms with Gasteiger partial charge in [-0.1, -0.05) is 380 Å². The van der Waals surface area contributed by atoms with E-state index in [0.717, 1.165) is 16.6 Å². The van der Waals surface area contributed by atoms with Crippen molar-refractivity contribution in [2.24, 2.45) is 0 Å². The third-order valence-electron chi connectivity index (χ3n) is 19.5. The molecule has 14 aromatic rings. The number of para-hydroxylation sites is 2. The van der Waals surface area contributed by atoms with Crippen molar-refractivity contribution in [1.29, 1.82) is 0 Å². The fourth-order valence-electron chi connectivity index (χ4n) is 12.2. The smallest absolute Gasteiger partial charge is 0.219 e. The molecule has 116 heavy (non-hydrogen) atoms. The third-order valence-corrected chi connectivity index (χ3v) is 23.1. The van der Waals surface area contributed by atoms with Crippen LogP contribution in [0.1, 0.15) is 243 Å². The van der Waals surface area contributed by atoms with Crippen LogP contribution in [-0.4, -0.2) is 29.9 Å². The van der Waals surface area contributed by atoms with E-state index in [4.69, 9.17) is 11.5 Å². The topological polar surface area (TPSA) is 129 Å². The van der Waals surface area contributed by atoms with E-state index < -0.39 is 0 Å². The minimum Gasteiger partial charge on any atom is -0.384 e. The van der Waals surface area contributed by atoms with E-state index in [2.05, 4.69) is 411 Å². The average molecular weight is 1600 g/mol. The van der Waals surface area contributed by atoms with Gasteiger partial charge in [0, 0.05) is 78.4 Å². The normalized spacial score (nSPS) is 12.1. The van der Waals surface area contributed by atoms with Gasteiger partial charge in [0.1, 0.15) is 5.82 Å². The number of benzene rings is 8. The van der Waals surface area contributed by atoms with Crippen LogP contribution in [0.5, 0.6) is 0 Å². The molecule has 8 nitrogen and oxygen atoms in total. The number of nitrogen functional groups attached to an aromatic ring is 2. The molecule has 4 N–H and O–H groups in total. The van der Waals surface area contributed by atoms with Gasteiger partial charge in [-0.05, 0) is 182 Å². The first-order valence-electron chi connectivity index (χ1n) is 40.5. The Bertz CT molecular complexity index is 5130. The average Bonchev–Trinajstić information content (AvgIpc) is 0.939. The Morgan fingerprint density at radius 1 is 0.284 bits per heavy atom. The van der Waals surface area contributed by atoms with Gasteiger partial charge in [-0.25, -0.2) is 15.0 Å². The zero-order valence-electron chi connectivity index (χ0n) is 75.0. The summed E-state index contributed by atoms with van der Waals surface area (Å²) in [4.78, 5) is 30.4. The molecule has 0 aliphatic carbocycles. The van der Waals surface area contributed by atoms with Crippen molar-refractivity contribution in [3.8, 4) is 0 Å². The minimum absolute atomic E-state index is 0.105. The number of anilines is 2. The number of thiophene rings is 1. The van der Waals surface area contributed by atoms with Crippen LogP contribution in [0.15, 0.2) is 287 Å². The van der Waals surface area contributed by atoms with Crippen molar-refractivity contribution < 1.29 is 0 Å². The standard InChI is InChI=1S/C16H16S2.C14H16.2C13H15N.C12H14S.C11H16.C9H14N2.C9H13N.C8H13N3/c1-16(2,3)11-7-6-10-14-15(11)18-13-9-5-4-8-12(13)17-14;1-14(2,3)13-10-6-8-11-7-4-5-9-12(11)13;1-13(2,3)11-8-4-6-10-7-5-9-14-12(10)11;1-13(2,3)11-8-10-6-4-5-7-12(10)14-9-11;1-12(2,3)10-8-13-11-7-5-4-6-9(10)11;1-9-5-7-10(8-6-9)11(2,3)4;1-9(2,3)7-4-5-8(10)11-6-7;1-9(2,3)8-5-4-6-10-7-8;1-8(2,3)6-4-10-7(9)11-5-6/h4-10H,1-3H3;4-10H,1-3H3;2*4-9H,1-3H3;4-8H,1-3H3;5-8H,1-4H3;4-6H,1-3H3,(H2,10,11);4-7H,1-3H3;4-5H,1-3H3,(H2,9,10,11). The molecule has 0 unspecified atom stereocenters. The highest BCUT2D eigenvalue weighted by Crippen LogP contribution is 2.51. The molecule has 11 heteroatoms. The largest absolute Gasteiger partial charge is 0.384 e. The monoisotopic (exact) mass is 1600 g/mol. The van der Waals surface area contributed by atoms with Crippen LogP contribution < -0.4 is 11.5 Å². The summed E-state index contributed by atoms with van der Waals surface area (Å²) in [5.41, 5.74) is 28.1. The molecule has 1 aliphatic heterocycles. The molecular weight excluding hydrogens is 1470 g/mol. The summed E-state index contributed by atoms with van der Waals surface area (Å²) in [6, 6.07) is 76.7. The fraction of sp³-hybridized carbons (Fsp3) is 0.352. The number of nitrogens with two attached hydrogens (primary N) is 2. The van der Waals surface area contributed by atoms with Crippen molar-refractivity contribution in [3.05, 3.63) is 323 Å². The van der Waals surface area contributed by atoms with E-state index >= 15 is 0 Å². The first-order valence-corrected chi connectivity index (χ1v) is 43.0. The molecule has 0 atom stereocenters. The molecule has 15 rings (SSSR count). The lowest BCUT2D eigenvalue weighted by Gasteiger charge is -2.27. The molecule has 1 aliphatic rings. The van der Waals surface area contributed by atoms with E-state index in [9.17, 15) is 0 Å². The molecule has 0 saturated heterocycles. The maximum Gasteiger partial charge on any atom is 0.219 e. The Morgan fingerprint density at radius 2 is 0.724 bits per heavy atom. The summed E-state index contributed by atoms with van der Waals surface area (Å²) in [5.74, 6) is 0.913. The molecule has 0 bridgehead atoms. The van der Waals surface area contributed by atoms with Crippen LogP contribution >= 0.6 is 34.9 Å². The highest BCUT2D eigenvalue weighted by Gasteiger charge is 2.26. The number of hydrogen-bond donors (Lipinski definition) is 2. The number of hydrogen-bond acceptors (Lipinski definition) is 11.